The predicted molar refractivity (Wildman–Crippen MR) is 97.0 cm³/mol. The minimum absolute atomic E-state index is 0.0884. The maximum absolute atomic E-state index is 12.3. The number of fused-ring (bicyclic) bond motifs is 2. The highest BCUT2D eigenvalue weighted by atomic mass is 32.1. The first-order valence-electron chi connectivity index (χ1n) is 8.25. The van der Waals surface area contributed by atoms with Crippen LogP contribution in [0.15, 0.2) is 6.07 Å². The summed E-state index contributed by atoms with van der Waals surface area (Å²) in [5.74, 6) is 2.43. The van der Waals surface area contributed by atoms with Crippen molar-refractivity contribution in [2.24, 2.45) is 0 Å². The third-order valence-corrected chi connectivity index (χ3v) is 5.46. The summed E-state index contributed by atoms with van der Waals surface area (Å²) in [4.78, 5) is 17.7. The maximum Gasteiger partial charge on any atom is 0.231 e. The Balaban J connectivity index is 1.87. The molecule has 2 N–H and O–H groups in total. The van der Waals surface area contributed by atoms with E-state index >= 15 is 0 Å². The lowest BCUT2D eigenvalue weighted by atomic mass is 9.90. The van der Waals surface area contributed by atoms with Crippen LogP contribution in [-0.2, 0) is 4.79 Å². The van der Waals surface area contributed by atoms with Gasteiger partial charge in [0.1, 0.15) is 5.82 Å². The Kier molecular flexibility index (Phi) is 4.23. The van der Waals surface area contributed by atoms with E-state index < -0.39 is 0 Å². The molecule has 1 atom stereocenters. The van der Waals surface area contributed by atoms with Crippen LogP contribution in [0, 0.1) is 0 Å². The molecule has 3 heterocycles. The molecule has 1 aromatic heterocycles. The maximum atomic E-state index is 12.3. The van der Waals surface area contributed by atoms with E-state index in [0.717, 1.165) is 22.1 Å². The topological polar surface area (TPSA) is 90.9 Å². The van der Waals surface area contributed by atoms with Crippen LogP contribution in [0.1, 0.15) is 29.7 Å². The summed E-state index contributed by atoms with van der Waals surface area (Å²) >= 11 is 1.53. The molecule has 0 aliphatic carbocycles. The molecular formula is C17H19N3O5S. The molecule has 138 valence electrons. The number of ether oxygens (including phenoxy) is 4. The monoisotopic (exact) mass is 377 g/mol. The molecule has 9 heteroatoms. The molecule has 0 unspecified atom stereocenters. The predicted octanol–water partition coefficient (Wildman–Crippen LogP) is 2.79. The zero-order valence-corrected chi connectivity index (χ0v) is 15.5. The summed E-state index contributed by atoms with van der Waals surface area (Å²) in [5, 5.41) is 6.82. The van der Waals surface area contributed by atoms with Crippen LogP contribution in [-0.4, -0.2) is 38.4 Å². The largest absolute Gasteiger partial charge is 0.493 e. The molecule has 0 radical (unpaired) electrons. The second kappa shape index (κ2) is 6.56. The van der Waals surface area contributed by atoms with E-state index in [2.05, 4.69) is 15.6 Å². The lowest BCUT2D eigenvalue weighted by molar-refractivity contribution is -0.116. The number of carbonyl (C=O) groups excluding carboxylic acids is 1. The quantitative estimate of drug-likeness (QED) is 0.828. The van der Waals surface area contributed by atoms with Crippen molar-refractivity contribution >= 4 is 28.2 Å². The lowest BCUT2D eigenvalue weighted by Crippen LogP contribution is -2.23. The smallest absolute Gasteiger partial charge is 0.231 e. The Morgan fingerprint density at radius 2 is 2.15 bits per heavy atom. The summed E-state index contributed by atoms with van der Waals surface area (Å²) in [6, 6.07) is 1.85. The van der Waals surface area contributed by atoms with Gasteiger partial charge >= 0.3 is 0 Å². The number of methoxy groups -OCH3 is 2. The highest BCUT2D eigenvalue weighted by molar-refractivity contribution is 7.16. The van der Waals surface area contributed by atoms with Gasteiger partial charge in [-0.15, -0.1) is 0 Å². The van der Waals surface area contributed by atoms with Crippen molar-refractivity contribution in [2.45, 2.75) is 19.3 Å². The van der Waals surface area contributed by atoms with Crippen LogP contribution in [0.2, 0.25) is 0 Å². The first-order chi connectivity index (χ1) is 12.7. The number of aromatic nitrogens is 1. The van der Waals surface area contributed by atoms with Crippen molar-refractivity contribution in [1.29, 1.82) is 0 Å². The number of nitrogens with one attached hydrogen (secondary N) is 2. The molecule has 2 aliphatic heterocycles. The first-order valence-corrected chi connectivity index (χ1v) is 9.06. The highest BCUT2D eigenvalue weighted by Gasteiger charge is 2.36. The van der Waals surface area contributed by atoms with E-state index in [0.29, 0.717) is 35.2 Å². The van der Waals surface area contributed by atoms with Gasteiger partial charge in [-0.3, -0.25) is 4.79 Å². The summed E-state index contributed by atoms with van der Waals surface area (Å²) in [6.45, 7) is 2.86. The van der Waals surface area contributed by atoms with Gasteiger partial charge in [0.05, 0.1) is 19.1 Å². The fraction of sp³-hybridized carbons (Fsp3) is 0.412. The third-order valence-electron chi connectivity index (χ3n) is 4.34. The minimum Gasteiger partial charge on any atom is -0.493 e. The summed E-state index contributed by atoms with van der Waals surface area (Å²) in [7, 11) is 3.15. The van der Waals surface area contributed by atoms with Gasteiger partial charge in [-0.2, -0.15) is 0 Å². The van der Waals surface area contributed by atoms with E-state index in [4.69, 9.17) is 18.9 Å². The highest BCUT2D eigenvalue weighted by Crippen LogP contribution is 2.54. The Morgan fingerprint density at radius 1 is 1.35 bits per heavy atom. The van der Waals surface area contributed by atoms with Gasteiger partial charge in [-0.05, 0) is 13.0 Å². The number of hydrogen-bond donors (Lipinski definition) is 2. The molecular weight excluding hydrogens is 358 g/mol. The Labute approximate surface area is 154 Å². The van der Waals surface area contributed by atoms with Crippen molar-refractivity contribution in [2.75, 3.05) is 38.2 Å². The number of amides is 1. The summed E-state index contributed by atoms with van der Waals surface area (Å²) in [5.41, 5.74) is 0.816. The van der Waals surface area contributed by atoms with Crippen molar-refractivity contribution in [3.8, 4) is 23.0 Å². The van der Waals surface area contributed by atoms with Crippen molar-refractivity contribution in [1.82, 2.24) is 4.98 Å². The molecule has 4 rings (SSSR count). The van der Waals surface area contributed by atoms with Crippen LogP contribution in [0.5, 0.6) is 23.0 Å². The molecule has 1 amide bonds. The minimum atomic E-state index is -0.206. The van der Waals surface area contributed by atoms with Gasteiger partial charge in [0.2, 0.25) is 24.2 Å². The van der Waals surface area contributed by atoms with Crippen molar-refractivity contribution in [3.05, 3.63) is 16.5 Å². The molecule has 26 heavy (non-hydrogen) atoms. The second-order valence-electron chi connectivity index (χ2n) is 5.83. The number of benzene rings is 1. The van der Waals surface area contributed by atoms with E-state index in [1.165, 1.54) is 11.3 Å². The molecule has 0 saturated heterocycles. The van der Waals surface area contributed by atoms with E-state index in [1.807, 2.05) is 13.0 Å². The number of nitrogens with zero attached hydrogens (tertiary/aromatic N) is 1. The van der Waals surface area contributed by atoms with Gasteiger partial charge in [-0.25, -0.2) is 4.98 Å². The zero-order valence-electron chi connectivity index (χ0n) is 14.7. The Hall–Kier alpha value is -2.68. The van der Waals surface area contributed by atoms with Crippen LogP contribution in [0.4, 0.5) is 10.9 Å². The lowest BCUT2D eigenvalue weighted by Gasteiger charge is -2.24. The number of hydrogen-bond acceptors (Lipinski definition) is 8. The van der Waals surface area contributed by atoms with E-state index in [-0.39, 0.29) is 18.6 Å². The fourth-order valence-electron chi connectivity index (χ4n) is 3.25. The van der Waals surface area contributed by atoms with Gasteiger partial charge in [-0.1, -0.05) is 11.3 Å². The summed E-state index contributed by atoms with van der Waals surface area (Å²) in [6.07, 6.45) is 0.292. The van der Waals surface area contributed by atoms with E-state index in [1.54, 1.807) is 14.2 Å². The van der Waals surface area contributed by atoms with Crippen LogP contribution in [0.3, 0.4) is 0 Å². The SMILES string of the molecule is CCNc1nc2c(s1)[C@@H](c1cc(OC)c3c(c1OC)OCO3)CC(=O)N2. The molecule has 0 spiro atoms. The van der Waals surface area contributed by atoms with Crippen LogP contribution < -0.4 is 29.6 Å². The van der Waals surface area contributed by atoms with Gasteiger partial charge in [0.15, 0.2) is 16.6 Å². The van der Waals surface area contributed by atoms with Crippen molar-refractivity contribution < 1.29 is 23.7 Å². The fourth-order valence-corrected chi connectivity index (χ4v) is 4.36. The summed E-state index contributed by atoms with van der Waals surface area (Å²) < 4.78 is 22.2. The number of rotatable bonds is 5. The first kappa shape index (κ1) is 16.8. The molecule has 2 aliphatic rings. The molecule has 0 bridgehead atoms. The van der Waals surface area contributed by atoms with Crippen LogP contribution in [0.25, 0.3) is 0 Å². The van der Waals surface area contributed by atoms with Gasteiger partial charge in [0.25, 0.3) is 0 Å². The Morgan fingerprint density at radius 3 is 2.88 bits per heavy atom. The average molecular weight is 377 g/mol. The van der Waals surface area contributed by atoms with E-state index in [9.17, 15) is 4.79 Å². The molecule has 8 nitrogen and oxygen atoms in total. The number of carbonyl (C=O) groups is 1. The van der Waals surface area contributed by atoms with Crippen molar-refractivity contribution in [3.63, 3.8) is 0 Å². The molecule has 2 aromatic rings. The zero-order chi connectivity index (χ0) is 18.3. The normalized spacial score (nSPS) is 17.5. The average Bonchev–Trinajstić information content (AvgIpc) is 3.26. The van der Waals surface area contributed by atoms with Crippen LogP contribution >= 0.6 is 11.3 Å². The van der Waals surface area contributed by atoms with Gasteiger partial charge < -0.3 is 29.6 Å². The number of anilines is 2. The second-order valence-corrected chi connectivity index (χ2v) is 6.86. The Bertz CT molecular complexity index is 867. The molecule has 0 fully saturated rings. The molecule has 0 saturated carbocycles. The third kappa shape index (κ3) is 2.59. The standard InChI is InChI=1S/C17H19N3O5S/c1-4-18-17-20-16-15(26-17)9(6-11(21)19-16)8-5-10(22-2)13-14(12(8)23-3)25-7-24-13/h5,9H,4,6-7H2,1-3H3,(H,18,20)(H,19,21)/t9-/m1/s1. The number of thiazole rings is 1. The molecule has 1 aromatic carbocycles. The van der Waals surface area contributed by atoms with Gasteiger partial charge in [0, 0.05) is 24.4 Å².